The van der Waals surface area contributed by atoms with Crippen LogP contribution in [0.1, 0.15) is 23.6 Å². The molecule has 0 radical (unpaired) electrons. The molecular formula is C17H16FNO2. The van der Waals surface area contributed by atoms with Crippen LogP contribution in [0, 0.1) is 24.1 Å². The predicted molar refractivity (Wildman–Crippen MR) is 77.8 cm³/mol. The number of halogens is 1. The Kier molecular flexibility index (Phi) is 4.78. The van der Waals surface area contributed by atoms with E-state index in [1.165, 1.54) is 12.1 Å². The Balaban J connectivity index is 2.17. The number of benzene rings is 2. The number of hydrogen-bond acceptors (Lipinski definition) is 3. The zero-order valence-corrected chi connectivity index (χ0v) is 12.0. The molecule has 2 aromatic rings. The zero-order chi connectivity index (χ0) is 15.2. The second kappa shape index (κ2) is 6.76. The monoisotopic (exact) mass is 285 g/mol. The van der Waals surface area contributed by atoms with Gasteiger partial charge in [0.15, 0.2) is 11.5 Å². The van der Waals surface area contributed by atoms with Crippen molar-refractivity contribution in [2.24, 2.45) is 0 Å². The predicted octanol–water partition coefficient (Wildman–Crippen LogP) is 3.98. The van der Waals surface area contributed by atoms with Gasteiger partial charge in [-0.15, -0.1) is 0 Å². The Morgan fingerprint density at radius 1 is 1.10 bits per heavy atom. The number of aryl methyl sites for hydroxylation is 1. The molecule has 0 aliphatic rings. The summed E-state index contributed by atoms with van der Waals surface area (Å²) in [7, 11) is 0. The Morgan fingerprint density at radius 2 is 1.90 bits per heavy atom. The third-order valence-corrected chi connectivity index (χ3v) is 3.06. The van der Waals surface area contributed by atoms with Crippen LogP contribution in [0.5, 0.6) is 11.5 Å². The van der Waals surface area contributed by atoms with E-state index in [1.54, 1.807) is 24.3 Å². The maximum atomic E-state index is 13.1. The summed E-state index contributed by atoms with van der Waals surface area (Å²) >= 11 is 0. The first-order valence-corrected chi connectivity index (χ1v) is 6.68. The number of hydrogen-bond donors (Lipinski definition) is 0. The van der Waals surface area contributed by atoms with Gasteiger partial charge in [-0.3, -0.25) is 0 Å². The third kappa shape index (κ3) is 3.73. The molecule has 0 fully saturated rings. The molecule has 0 unspecified atom stereocenters. The molecule has 2 aromatic carbocycles. The highest BCUT2D eigenvalue weighted by atomic mass is 19.1. The minimum atomic E-state index is -0.260. The molecule has 4 heteroatoms. The number of rotatable bonds is 5. The Bertz CT molecular complexity index is 677. The maximum absolute atomic E-state index is 13.1. The Labute approximate surface area is 123 Å². The molecule has 21 heavy (non-hydrogen) atoms. The molecule has 0 amide bonds. The molecule has 0 saturated carbocycles. The van der Waals surface area contributed by atoms with Crippen LogP contribution in [-0.2, 0) is 6.61 Å². The van der Waals surface area contributed by atoms with Crippen LogP contribution >= 0.6 is 0 Å². The van der Waals surface area contributed by atoms with Crippen molar-refractivity contribution in [1.29, 1.82) is 5.26 Å². The molecule has 0 N–H and O–H groups in total. The van der Waals surface area contributed by atoms with Gasteiger partial charge >= 0.3 is 0 Å². The van der Waals surface area contributed by atoms with Crippen molar-refractivity contribution in [2.75, 3.05) is 6.61 Å². The van der Waals surface area contributed by atoms with Crippen LogP contribution in [0.4, 0.5) is 4.39 Å². The largest absolute Gasteiger partial charge is 0.490 e. The first kappa shape index (κ1) is 14.9. The van der Waals surface area contributed by atoms with Crippen molar-refractivity contribution in [1.82, 2.24) is 0 Å². The summed E-state index contributed by atoms with van der Waals surface area (Å²) in [5, 5.41) is 8.91. The van der Waals surface area contributed by atoms with E-state index in [4.69, 9.17) is 14.7 Å². The van der Waals surface area contributed by atoms with Crippen molar-refractivity contribution < 1.29 is 13.9 Å². The fourth-order valence-electron chi connectivity index (χ4n) is 1.94. The molecule has 0 aromatic heterocycles. The highest BCUT2D eigenvalue weighted by molar-refractivity contribution is 5.47. The first-order valence-electron chi connectivity index (χ1n) is 6.68. The summed E-state index contributed by atoms with van der Waals surface area (Å²) in [5.41, 5.74) is 2.26. The van der Waals surface area contributed by atoms with Gasteiger partial charge in [0, 0.05) is 6.07 Å². The van der Waals surface area contributed by atoms with Crippen molar-refractivity contribution in [3.05, 3.63) is 58.9 Å². The van der Waals surface area contributed by atoms with E-state index in [0.717, 1.165) is 11.1 Å². The van der Waals surface area contributed by atoms with E-state index in [-0.39, 0.29) is 5.82 Å². The van der Waals surface area contributed by atoms with Gasteiger partial charge in [0.05, 0.1) is 18.2 Å². The van der Waals surface area contributed by atoms with Gasteiger partial charge in [-0.2, -0.15) is 5.26 Å². The van der Waals surface area contributed by atoms with Crippen LogP contribution in [0.2, 0.25) is 0 Å². The Morgan fingerprint density at radius 3 is 2.57 bits per heavy atom. The van der Waals surface area contributed by atoms with Crippen molar-refractivity contribution in [2.45, 2.75) is 20.5 Å². The van der Waals surface area contributed by atoms with Gasteiger partial charge in [-0.25, -0.2) is 4.39 Å². The van der Waals surface area contributed by atoms with Gasteiger partial charge in [0.2, 0.25) is 0 Å². The highest BCUT2D eigenvalue weighted by Crippen LogP contribution is 2.29. The second-order valence-electron chi connectivity index (χ2n) is 4.57. The lowest BCUT2D eigenvalue weighted by molar-refractivity contribution is 0.268. The summed E-state index contributed by atoms with van der Waals surface area (Å²) in [5.74, 6) is 0.848. The topological polar surface area (TPSA) is 42.2 Å². The average Bonchev–Trinajstić information content (AvgIpc) is 2.47. The average molecular weight is 285 g/mol. The molecular weight excluding hydrogens is 269 g/mol. The van der Waals surface area contributed by atoms with Crippen LogP contribution in [0.25, 0.3) is 0 Å². The summed E-state index contributed by atoms with van der Waals surface area (Å²) in [6, 6.07) is 11.7. The maximum Gasteiger partial charge on any atom is 0.162 e. The third-order valence-electron chi connectivity index (χ3n) is 3.06. The molecule has 0 atom stereocenters. The molecule has 0 heterocycles. The Hall–Kier alpha value is -2.54. The summed E-state index contributed by atoms with van der Waals surface area (Å²) in [6.45, 7) is 4.51. The van der Waals surface area contributed by atoms with Crippen molar-refractivity contribution in [3.8, 4) is 17.6 Å². The molecule has 108 valence electrons. The SMILES string of the molecule is CCOc1cc(C#N)ccc1OCc1ccc(F)cc1C. The smallest absolute Gasteiger partial charge is 0.162 e. The standard InChI is InChI=1S/C17H16FNO2/c1-3-20-17-9-13(10-19)4-7-16(17)21-11-14-5-6-15(18)8-12(14)2/h4-9H,3,11H2,1-2H3. The van der Waals surface area contributed by atoms with Gasteiger partial charge in [-0.05, 0) is 49.2 Å². The van der Waals surface area contributed by atoms with Crippen molar-refractivity contribution in [3.63, 3.8) is 0 Å². The number of nitrogens with zero attached hydrogens (tertiary/aromatic N) is 1. The lowest BCUT2D eigenvalue weighted by Gasteiger charge is -2.13. The number of nitriles is 1. The second-order valence-corrected chi connectivity index (χ2v) is 4.57. The zero-order valence-electron chi connectivity index (χ0n) is 12.0. The van der Waals surface area contributed by atoms with Gasteiger partial charge in [0.25, 0.3) is 0 Å². The highest BCUT2D eigenvalue weighted by Gasteiger charge is 2.08. The van der Waals surface area contributed by atoms with Gasteiger partial charge < -0.3 is 9.47 Å². The molecule has 0 spiro atoms. The minimum absolute atomic E-state index is 0.260. The minimum Gasteiger partial charge on any atom is -0.490 e. The van der Waals surface area contributed by atoms with E-state index in [2.05, 4.69) is 6.07 Å². The normalized spacial score (nSPS) is 10.0. The lowest BCUT2D eigenvalue weighted by Crippen LogP contribution is -2.01. The van der Waals surface area contributed by atoms with Crippen LogP contribution in [0.3, 0.4) is 0 Å². The van der Waals surface area contributed by atoms with E-state index in [0.29, 0.717) is 30.3 Å². The lowest BCUT2D eigenvalue weighted by atomic mass is 10.1. The molecule has 0 aliphatic heterocycles. The van der Waals surface area contributed by atoms with Crippen LogP contribution in [0.15, 0.2) is 36.4 Å². The molecule has 2 rings (SSSR count). The van der Waals surface area contributed by atoms with E-state index in [1.807, 2.05) is 13.8 Å². The van der Waals surface area contributed by atoms with E-state index >= 15 is 0 Å². The van der Waals surface area contributed by atoms with Crippen LogP contribution < -0.4 is 9.47 Å². The molecule has 0 saturated heterocycles. The first-order chi connectivity index (χ1) is 10.1. The molecule has 0 bridgehead atoms. The fourth-order valence-corrected chi connectivity index (χ4v) is 1.94. The summed E-state index contributed by atoms with van der Waals surface area (Å²) < 4.78 is 24.3. The summed E-state index contributed by atoms with van der Waals surface area (Å²) in [6.07, 6.45) is 0. The van der Waals surface area contributed by atoms with E-state index < -0.39 is 0 Å². The van der Waals surface area contributed by atoms with Gasteiger partial charge in [-0.1, -0.05) is 6.07 Å². The van der Waals surface area contributed by atoms with E-state index in [9.17, 15) is 4.39 Å². The fraction of sp³-hybridized carbons (Fsp3) is 0.235. The molecule has 0 aliphatic carbocycles. The molecule has 3 nitrogen and oxygen atoms in total. The quantitative estimate of drug-likeness (QED) is 0.834. The summed E-state index contributed by atoms with van der Waals surface area (Å²) in [4.78, 5) is 0. The van der Waals surface area contributed by atoms with Crippen molar-refractivity contribution >= 4 is 0 Å². The van der Waals surface area contributed by atoms with Gasteiger partial charge in [0.1, 0.15) is 12.4 Å². The van der Waals surface area contributed by atoms with Crippen LogP contribution in [-0.4, -0.2) is 6.61 Å². The number of ether oxygens (including phenoxy) is 2.